The van der Waals surface area contributed by atoms with Gasteiger partial charge in [-0.15, -0.1) is 5.92 Å². The highest BCUT2D eigenvalue weighted by Crippen LogP contribution is 1.52. The van der Waals surface area contributed by atoms with Gasteiger partial charge in [-0.1, -0.05) is 12.8 Å². The second-order valence-corrected chi connectivity index (χ2v) is 1.21. The molecule has 0 aliphatic heterocycles. The van der Waals surface area contributed by atoms with Gasteiger partial charge in [0.2, 0.25) is 0 Å². The van der Waals surface area contributed by atoms with Crippen molar-refractivity contribution in [2.45, 2.75) is 13.8 Å². The molecule has 0 aromatic rings. The third kappa shape index (κ3) is 5.52. The quantitative estimate of drug-likeness (QED) is 0.393. The van der Waals surface area contributed by atoms with Crippen LogP contribution in [-0.2, 0) is 0 Å². The maximum atomic E-state index is 3.08. The third-order valence-electron chi connectivity index (χ3n) is 0.640. The minimum absolute atomic E-state index is 0.826. The first kappa shape index (κ1) is 6.52. The number of hydrogen-bond acceptors (Lipinski definition) is 1. The Kier molecular flexibility index (Phi) is 5.14. The molecule has 0 aromatic carbocycles. The van der Waals surface area contributed by atoms with Crippen LogP contribution in [0.2, 0.25) is 0 Å². The van der Waals surface area contributed by atoms with Crippen molar-refractivity contribution in [2.24, 2.45) is 0 Å². The molecule has 0 radical (unpaired) electrons. The van der Waals surface area contributed by atoms with Crippen molar-refractivity contribution in [3.05, 3.63) is 0 Å². The van der Waals surface area contributed by atoms with Gasteiger partial charge in [0.25, 0.3) is 0 Å². The molecule has 0 saturated carbocycles. The second-order valence-electron chi connectivity index (χ2n) is 1.21. The van der Waals surface area contributed by atoms with E-state index >= 15 is 0 Å². The van der Waals surface area contributed by atoms with E-state index in [4.69, 9.17) is 0 Å². The van der Waals surface area contributed by atoms with Gasteiger partial charge in [0.1, 0.15) is 0 Å². The van der Waals surface area contributed by atoms with Gasteiger partial charge >= 0.3 is 0 Å². The molecule has 0 amide bonds. The molecule has 0 saturated heterocycles. The summed E-state index contributed by atoms with van der Waals surface area (Å²) in [6.45, 7) is 5.75. The summed E-state index contributed by atoms with van der Waals surface area (Å²) in [6.07, 6.45) is 0. The molecule has 1 heteroatoms. The zero-order chi connectivity index (χ0) is 5.54. The van der Waals surface area contributed by atoms with Crippen molar-refractivity contribution in [2.75, 3.05) is 13.1 Å². The van der Waals surface area contributed by atoms with Crippen molar-refractivity contribution in [3.8, 4) is 11.8 Å². The molecular formula is C6H11N. The van der Waals surface area contributed by atoms with E-state index in [1.165, 1.54) is 0 Å². The highest BCUT2D eigenvalue weighted by Gasteiger charge is 1.67. The lowest BCUT2D eigenvalue weighted by Gasteiger charge is -1.86. The fourth-order valence-corrected chi connectivity index (χ4v) is 0.276. The molecule has 0 spiro atoms. The zero-order valence-electron chi connectivity index (χ0n) is 4.91. The monoisotopic (exact) mass is 97.1 g/mol. The lowest BCUT2D eigenvalue weighted by molar-refractivity contribution is 0.811. The Labute approximate surface area is 45.1 Å². The number of rotatable bonds is 2. The first-order valence-electron chi connectivity index (χ1n) is 2.52. The smallest absolute Gasteiger partial charge is 0.0576 e. The lowest BCUT2D eigenvalue weighted by Crippen LogP contribution is -2.11. The van der Waals surface area contributed by atoms with E-state index in [1.807, 2.05) is 6.92 Å². The lowest BCUT2D eigenvalue weighted by atomic mass is 10.6. The molecule has 40 valence electrons. The second kappa shape index (κ2) is 5.52. The average Bonchev–Trinajstić information content (AvgIpc) is 1.69. The molecule has 0 bridgehead atoms. The standard InChI is InChI=1S/C6H11N/c1-3-5-6-7-4-2/h7H,4,6H2,1-2H3. The Morgan fingerprint density at radius 1 is 1.57 bits per heavy atom. The van der Waals surface area contributed by atoms with E-state index < -0.39 is 0 Å². The highest BCUT2D eigenvalue weighted by atomic mass is 14.8. The molecule has 0 heterocycles. The van der Waals surface area contributed by atoms with Crippen molar-refractivity contribution in [1.29, 1.82) is 0 Å². The van der Waals surface area contributed by atoms with E-state index in [0.717, 1.165) is 13.1 Å². The fourth-order valence-electron chi connectivity index (χ4n) is 0.276. The Morgan fingerprint density at radius 3 is 2.71 bits per heavy atom. The van der Waals surface area contributed by atoms with Crippen molar-refractivity contribution in [3.63, 3.8) is 0 Å². The summed E-state index contributed by atoms with van der Waals surface area (Å²) in [7, 11) is 0. The van der Waals surface area contributed by atoms with Crippen molar-refractivity contribution >= 4 is 0 Å². The zero-order valence-corrected chi connectivity index (χ0v) is 4.91. The summed E-state index contributed by atoms with van der Waals surface area (Å²) < 4.78 is 0. The summed E-state index contributed by atoms with van der Waals surface area (Å²) in [4.78, 5) is 0. The minimum Gasteiger partial charge on any atom is -0.307 e. The van der Waals surface area contributed by atoms with Crippen LogP contribution in [0.4, 0.5) is 0 Å². The molecule has 0 aliphatic rings. The Hall–Kier alpha value is -0.480. The number of hydrogen-bond donors (Lipinski definition) is 1. The summed E-state index contributed by atoms with van der Waals surface area (Å²) >= 11 is 0. The van der Waals surface area contributed by atoms with Gasteiger partial charge in [-0.3, -0.25) is 0 Å². The van der Waals surface area contributed by atoms with Gasteiger partial charge in [-0.05, 0) is 13.5 Å². The van der Waals surface area contributed by atoms with Crippen molar-refractivity contribution in [1.82, 2.24) is 5.32 Å². The van der Waals surface area contributed by atoms with Crippen LogP contribution >= 0.6 is 0 Å². The topological polar surface area (TPSA) is 12.0 Å². The van der Waals surface area contributed by atoms with E-state index in [1.54, 1.807) is 0 Å². The van der Waals surface area contributed by atoms with Gasteiger partial charge in [0, 0.05) is 0 Å². The van der Waals surface area contributed by atoms with Crippen LogP contribution in [0.3, 0.4) is 0 Å². The van der Waals surface area contributed by atoms with Crippen LogP contribution in [0.1, 0.15) is 13.8 Å². The third-order valence-corrected chi connectivity index (χ3v) is 0.640. The van der Waals surface area contributed by atoms with Gasteiger partial charge in [-0.2, -0.15) is 0 Å². The Balaban J connectivity index is 2.78. The van der Waals surface area contributed by atoms with E-state index in [0.29, 0.717) is 0 Å². The van der Waals surface area contributed by atoms with Crippen LogP contribution in [0.15, 0.2) is 0 Å². The Morgan fingerprint density at radius 2 is 2.29 bits per heavy atom. The maximum absolute atomic E-state index is 3.08. The molecule has 0 aliphatic carbocycles. The van der Waals surface area contributed by atoms with Crippen LogP contribution in [0, 0.1) is 11.8 Å². The van der Waals surface area contributed by atoms with Gasteiger partial charge in [0.05, 0.1) is 6.54 Å². The molecular weight excluding hydrogens is 86.1 g/mol. The largest absolute Gasteiger partial charge is 0.307 e. The summed E-state index contributed by atoms with van der Waals surface area (Å²) in [5.74, 6) is 5.68. The summed E-state index contributed by atoms with van der Waals surface area (Å²) in [6, 6.07) is 0. The van der Waals surface area contributed by atoms with Crippen LogP contribution in [0.5, 0.6) is 0 Å². The van der Waals surface area contributed by atoms with Crippen LogP contribution < -0.4 is 5.32 Å². The summed E-state index contributed by atoms with van der Waals surface area (Å²) in [5.41, 5.74) is 0. The van der Waals surface area contributed by atoms with Gasteiger partial charge < -0.3 is 5.32 Å². The molecule has 1 N–H and O–H groups in total. The fraction of sp³-hybridized carbons (Fsp3) is 0.667. The first-order valence-corrected chi connectivity index (χ1v) is 2.52. The average molecular weight is 97.2 g/mol. The first-order chi connectivity index (χ1) is 3.41. The van der Waals surface area contributed by atoms with Crippen molar-refractivity contribution < 1.29 is 0 Å². The molecule has 0 fully saturated rings. The molecule has 0 atom stereocenters. The number of nitrogens with one attached hydrogen (secondary N) is 1. The molecule has 7 heavy (non-hydrogen) atoms. The van der Waals surface area contributed by atoms with Crippen LogP contribution in [-0.4, -0.2) is 13.1 Å². The van der Waals surface area contributed by atoms with E-state index in [-0.39, 0.29) is 0 Å². The Bertz CT molecular complexity index is 75.9. The van der Waals surface area contributed by atoms with Gasteiger partial charge in [0.15, 0.2) is 0 Å². The van der Waals surface area contributed by atoms with E-state index in [2.05, 4.69) is 24.1 Å². The predicted octanol–water partition coefficient (Wildman–Crippen LogP) is 0.619. The molecule has 0 unspecified atom stereocenters. The normalized spacial score (nSPS) is 7.14. The molecule has 0 aromatic heterocycles. The molecule has 0 rings (SSSR count). The maximum Gasteiger partial charge on any atom is 0.0576 e. The van der Waals surface area contributed by atoms with Gasteiger partial charge in [-0.25, -0.2) is 0 Å². The molecule has 1 nitrogen and oxygen atoms in total. The SMILES string of the molecule is CC#CCNCC. The highest BCUT2D eigenvalue weighted by molar-refractivity contribution is 4.96. The van der Waals surface area contributed by atoms with E-state index in [9.17, 15) is 0 Å². The predicted molar refractivity (Wildman–Crippen MR) is 32.0 cm³/mol. The van der Waals surface area contributed by atoms with Crippen LogP contribution in [0.25, 0.3) is 0 Å². The summed E-state index contributed by atoms with van der Waals surface area (Å²) in [5, 5.41) is 3.08. The minimum atomic E-state index is 0.826.